The summed E-state index contributed by atoms with van der Waals surface area (Å²) >= 11 is 3.38. The highest BCUT2D eigenvalue weighted by Gasteiger charge is 1.94. The van der Waals surface area contributed by atoms with E-state index in [0.717, 1.165) is 11.8 Å². The van der Waals surface area contributed by atoms with Gasteiger partial charge in [0.1, 0.15) is 0 Å². The van der Waals surface area contributed by atoms with Crippen molar-refractivity contribution in [1.29, 1.82) is 0 Å². The maximum Gasteiger partial charge on any atom is 0.0512 e. The van der Waals surface area contributed by atoms with Crippen molar-refractivity contribution in [3.63, 3.8) is 0 Å². The van der Waals surface area contributed by atoms with Crippen molar-refractivity contribution >= 4 is 15.9 Å². The Morgan fingerprint density at radius 2 is 1.80 bits per heavy atom. The summed E-state index contributed by atoms with van der Waals surface area (Å²) < 4.78 is 0. The molecule has 0 heterocycles. The van der Waals surface area contributed by atoms with Crippen LogP contribution in [0.2, 0.25) is 0 Å². The Kier molecular flexibility index (Phi) is 7.88. The minimum absolute atomic E-state index is 0.107. The van der Waals surface area contributed by atoms with Crippen LogP contribution in [0.3, 0.4) is 0 Å². The van der Waals surface area contributed by atoms with Crippen LogP contribution in [0.1, 0.15) is 39.0 Å². The largest absolute Gasteiger partial charge is 0.393 e. The molecule has 0 aromatic carbocycles. The van der Waals surface area contributed by atoms with Gasteiger partial charge in [0.25, 0.3) is 0 Å². The first-order valence-electron chi connectivity index (χ1n) is 4.01. The van der Waals surface area contributed by atoms with Gasteiger partial charge in [-0.15, -0.1) is 0 Å². The molecule has 0 radical (unpaired) electrons. The van der Waals surface area contributed by atoms with Crippen LogP contribution in [-0.2, 0) is 0 Å². The van der Waals surface area contributed by atoms with Gasteiger partial charge in [0.2, 0.25) is 0 Å². The molecule has 0 fully saturated rings. The lowest BCUT2D eigenvalue weighted by atomic mass is 10.1. The zero-order valence-corrected chi connectivity index (χ0v) is 8.23. The van der Waals surface area contributed by atoms with E-state index in [2.05, 4.69) is 15.9 Å². The number of alkyl halides is 1. The molecule has 0 aliphatic rings. The molecular weight excluding hydrogens is 192 g/mol. The minimum Gasteiger partial charge on any atom is -0.393 e. The Labute approximate surface area is 72.0 Å². The molecule has 0 spiro atoms. The van der Waals surface area contributed by atoms with Gasteiger partial charge in [0.05, 0.1) is 6.10 Å². The summed E-state index contributed by atoms with van der Waals surface area (Å²) in [5, 5.41) is 10.0. The standard InChI is InChI=1S/C8H17BrO/c1-8(10)6-4-2-3-5-7-9/h8,10H,2-7H2,1H3/t8-/m1/s1. The van der Waals surface area contributed by atoms with E-state index in [4.69, 9.17) is 5.11 Å². The number of hydrogen-bond donors (Lipinski definition) is 1. The second kappa shape index (κ2) is 7.55. The van der Waals surface area contributed by atoms with E-state index in [1.165, 1.54) is 25.7 Å². The van der Waals surface area contributed by atoms with Gasteiger partial charge in [0, 0.05) is 5.33 Å². The quantitative estimate of drug-likeness (QED) is 0.526. The molecule has 0 saturated heterocycles. The lowest BCUT2D eigenvalue weighted by Crippen LogP contribution is -1.98. The summed E-state index contributed by atoms with van der Waals surface area (Å²) in [5.41, 5.74) is 0. The maximum absolute atomic E-state index is 8.90. The van der Waals surface area contributed by atoms with Crippen molar-refractivity contribution in [3.8, 4) is 0 Å². The molecule has 0 aromatic rings. The summed E-state index contributed by atoms with van der Waals surface area (Å²) in [6.45, 7) is 1.85. The molecule has 0 amide bonds. The average molecular weight is 209 g/mol. The van der Waals surface area contributed by atoms with Crippen LogP contribution in [0.25, 0.3) is 0 Å². The molecule has 0 rings (SSSR count). The van der Waals surface area contributed by atoms with Gasteiger partial charge in [0.15, 0.2) is 0 Å². The predicted molar refractivity (Wildman–Crippen MR) is 48.6 cm³/mol. The number of hydrogen-bond acceptors (Lipinski definition) is 1. The third-order valence-corrected chi connectivity index (χ3v) is 2.07. The number of unbranched alkanes of at least 4 members (excludes halogenated alkanes) is 3. The predicted octanol–water partition coefficient (Wildman–Crippen LogP) is 2.71. The first kappa shape index (κ1) is 10.4. The Bertz CT molecular complexity index is 64.3. The Morgan fingerprint density at radius 3 is 2.30 bits per heavy atom. The molecule has 1 nitrogen and oxygen atoms in total. The highest BCUT2D eigenvalue weighted by Crippen LogP contribution is 2.06. The van der Waals surface area contributed by atoms with E-state index in [-0.39, 0.29) is 6.10 Å². The third-order valence-electron chi connectivity index (χ3n) is 1.51. The van der Waals surface area contributed by atoms with Crippen LogP contribution < -0.4 is 0 Å². The first-order valence-corrected chi connectivity index (χ1v) is 5.13. The van der Waals surface area contributed by atoms with Crippen molar-refractivity contribution < 1.29 is 5.11 Å². The smallest absolute Gasteiger partial charge is 0.0512 e. The van der Waals surface area contributed by atoms with E-state index in [1.807, 2.05) is 6.92 Å². The normalized spacial score (nSPS) is 13.5. The Balaban J connectivity index is 2.77. The summed E-state index contributed by atoms with van der Waals surface area (Å²) in [6.07, 6.45) is 5.84. The van der Waals surface area contributed by atoms with Crippen molar-refractivity contribution in [2.75, 3.05) is 5.33 Å². The Hall–Kier alpha value is 0.440. The van der Waals surface area contributed by atoms with Crippen molar-refractivity contribution in [1.82, 2.24) is 0 Å². The van der Waals surface area contributed by atoms with E-state index in [9.17, 15) is 0 Å². The highest BCUT2D eigenvalue weighted by atomic mass is 79.9. The van der Waals surface area contributed by atoms with Gasteiger partial charge in [-0.25, -0.2) is 0 Å². The van der Waals surface area contributed by atoms with Crippen molar-refractivity contribution in [3.05, 3.63) is 0 Å². The van der Waals surface area contributed by atoms with Crippen LogP contribution in [-0.4, -0.2) is 16.5 Å². The molecule has 0 unspecified atom stereocenters. The van der Waals surface area contributed by atoms with Gasteiger partial charge in [-0.1, -0.05) is 35.2 Å². The van der Waals surface area contributed by atoms with Gasteiger partial charge >= 0.3 is 0 Å². The highest BCUT2D eigenvalue weighted by molar-refractivity contribution is 9.09. The summed E-state index contributed by atoms with van der Waals surface area (Å²) in [6, 6.07) is 0. The van der Waals surface area contributed by atoms with E-state index in [0.29, 0.717) is 0 Å². The molecule has 1 N–H and O–H groups in total. The lowest BCUT2D eigenvalue weighted by molar-refractivity contribution is 0.180. The zero-order valence-electron chi connectivity index (χ0n) is 6.65. The third kappa shape index (κ3) is 8.44. The fraction of sp³-hybridized carbons (Fsp3) is 1.00. The minimum atomic E-state index is -0.107. The summed E-state index contributed by atoms with van der Waals surface area (Å²) in [7, 11) is 0. The van der Waals surface area contributed by atoms with Gasteiger partial charge in [-0.2, -0.15) is 0 Å². The lowest BCUT2D eigenvalue weighted by Gasteiger charge is -2.01. The molecule has 0 aromatic heterocycles. The molecular formula is C8H17BrO. The van der Waals surface area contributed by atoms with E-state index < -0.39 is 0 Å². The molecule has 0 aliphatic carbocycles. The molecule has 10 heavy (non-hydrogen) atoms. The molecule has 62 valence electrons. The monoisotopic (exact) mass is 208 g/mol. The number of rotatable bonds is 6. The van der Waals surface area contributed by atoms with Gasteiger partial charge in [-0.3, -0.25) is 0 Å². The average Bonchev–Trinajstić information content (AvgIpc) is 1.87. The number of aliphatic hydroxyl groups is 1. The number of aliphatic hydroxyl groups excluding tert-OH is 1. The van der Waals surface area contributed by atoms with Crippen molar-refractivity contribution in [2.45, 2.75) is 45.1 Å². The second-order valence-corrected chi connectivity index (χ2v) is 3.53. The SMILES string of the molecule is C[C@@H](O)CCCCCCBr. The van der Waals surface area contributed by atoms with Gasteiger partial charge < -0.3 is 5.11 Å². The zero-order chi connectivity index (χ0) is 7.82. The molecule has 2 heteroatoms. The molecule has 0 saturated carbocycles. The molecule has 0 aliphatic heterocycles. The van der Waals surface area contributed by atoms with E-state index in [1.54, 1.807) is 0 Å². The van der Waals surface area contributed by atoms with Crippen molar-refractivity contribution in [2.24, 2.45) is 0 Å². The van der Waals surface area contributed by atoms with Crippen LogP contribution in [0.15, 0.2) is 0 Å². The first-order chi connectivity index (χ1) is 4.77. The molecule has 0 bridgehead atoms. The van der Waals surface area contributed by atoms with Crippen LogP contribution >= 0.6 is 15.9 Å². The number of halogens is 1. The van der Waals surface area contributed by atoms with E-state index >= 15 is 0 Å². The van der Waals surface area contributed by atoms with Crippen LogP contribution in [0.4, 0.5) is 0 Å². The maximum atomic E-state index is 8.90. The second-order valence-electron chi connectivity index (χ2n) is 2.74. The molecule has 1 atom stereocenters. The fourth-order valence-electron chi connectivity index (χ4n) is 0.888. The summed E-state index contributed by atoms with van der Waals surface area (Å²) in [5.74, 6) is 0. The summed E-state index contributed by atoms with van der Waals surface area (Å²) in [4.78, 5) is 0. The topological polar surface area (TPSA) is 20.2 Å². The van der Waals surface area contributed by atoms with Gasteiger partial charge in [-0.05, 0) is 19.8 Å². The fourth-order valence-corrected chi connectivity index (χ4v) is 1.28. The van der Waals surface area contributed by atoms with Crippen LogP contribution in [0, 0.1) is 0 Å². The Morgan fingerprint density at radius 1 is 1.20 bits per heavy atom. The van der Waals surface area contributed by atoms with Crippen LogP contribution in [0.5, 0.6) is 0 Å².